The number of nitrogens with one attached hydrogen (secondary N) is 1. The number of rotatable bonds is 4. The highest BCUT2D eigenvalue weighted by molar-refractivity contribution is 5.92. The van der Waals surface area contributed by atoms with Crippen molar-refractivity contribution in [2.45, 2.75) is 38.2 Å². The van der Waals surface area contributed by atoms with Crippen LogP contribution in [-0.2, 0) is 9.53 Å². The highest BCUT2D eigenvalue weighted by atomic mass is 19.1. The Labute approximate surface area is 123 Å². The number of amides is 1. The van der Waals surface area contributed by atoms with Crippen LogP contribution in [0.4, 0.5) is 10.1 Å². The lowest BCUT2D eigenvalue weighted by Crippen LogP contribution is -2.30. The number of carbonyl (C=O) groups is 1. The lowest BCUT2D eigenvalue weighted by molar-refractivity contribution is -0.123. The molecule has 1 atom stereocenters. The molecule has 0 bridgehead atoms. The molecule has 1 saturated heterocycles. The Morgan fingerprint density at radius 1 is 1.29 bits per heavy atom. The van der Waals surface area contributed by atoms with Crippen LogP contribution in [0.3, 0.4) is 0 Å². The van der Waals surface area contributed by atoms with Crippen LogP contribution in [0.1, 0.15) is 32.1 Å². The molecule has 3 rings (SSSR count). The Kier molecular flexibility index (Phi) is 4.39. The summed E-state index contributed by atoms with van der Waals surface area (Å²) in [5.41, 5.74) is 0.462. The Balaban J connectivity index is 1.59. The zero-order chi connectivity index (χ0) is 14.7. The van der Waals surface area contributed by atoms with Gasteiger partial charge in [-0.3, -0.25) is 4.79 Å². The third-order valence-electron chi connectivity index (χ3n) is 4.08. The molecule has 4 nitrogen and oxygen atoms in total. The van der Waals surface area contributed by atoms with Crippen molar-refractivity contribution in [2.24, 2.45) is 5.92 Å². The maximum atomic E-state index is 14.0. The molecule has 21 heavy (non-hydrogen) atoms. The third-order valence-corrected chi connectivity index (χ3v) is 4.08. The summed E-state index contributed by atoms with van der Waals surface area (Å²) in [5, 5.41) is 2.75. The summed E-state index contributed by atoms with van der Waals surface area (Å²) in [5.74, 6) is -0.423. The number of hydrogen-bond donors (Lipinski definition) is 1. The largest absolute Gasteiger partial charge is 0.487 e. The first-order valence-corrected chi connectivity index (χ1v) is 7.57. The van der Waals surface area contributed by atoms with Crippen molar-refractivity contribution in [3.8, 4) is 5.75 Å². The van der Waals surface area contributed by atoms with Gasteiger partial charge in [0.25, 0.3) is 0 Å². The van der Waals surface area contributed by atoms with Crippen LogP contribution in [-0.4, -0.2) is 25.2 Å². The van der Waals surface area contributed by atoms with Crippen LogP contribution in [0.25, 0.3) is 0 Å². The molecule has 1 heterocycles. The van der Waals surface area contributed by atoms with E-state index in [1.54, 1.807) is 12.1 Å². The molecular formula is C16H20FNO3. The van der Waals surface area contributed by atoms with Crippen molar-refractivity contribution in [2.75, 3.05) is 18.5 Å². The maximum absolute atomic E-state index is 14.0. The summed E-state index contributed by atoms with van der Waals surface area (Å²) in [6.07, 6.45) is 4.96. The third kappa shape index (κ3) is 3.53. The van der Waals surface area contributed by atoms with Crippen molar-refractivity contribution in [3.63, 3.8) is 0 Å². The summed E-state index contributed by atoms with van der Waals surface area (Å²) < 4.78 is 24.8. The van der Waals surface area contributed by atoms with Crippen molar-refractivity contribution in [1.82, 2.24) is 0 Å². The highest BCUT2D eigenvalue weighted by Crippen LogP contribution is 2.28. The molecule has 0 radical (unpaired) electrons. The Bertz CT molecular complexity index is 510. The SMILES string of the molecule is O=C(Nc1ccc(OC2CCC2)c(F)c1)C1CCCOC1. The van der Waals surface area contributed by atoms with Gasteiger partial charge in [-0.25, -0.2) is 4.39 Å². The van der Waals surface area contributed by atoms with Crippen molar-refractivity contribution < 1.29 is 18.7 Å². The van der Waals surface area contributed by atoms with Crippen LogP contribution >= 0.6 is 0 Å². The van der Waals surface area contributed by atoms with Gasteiger partial charge in [-0.15, -0.1) is 0 Å². The second-order valence-electron chi connectivity index (χ2n) is 5.72. The molecule has 5 heteroatoms. The molecule has 1 aromatic carbocycles. The van der Waals surface area contributed by atoms with Gasteiger partial charge in [0, 0.05) is 18.4 Å². The van der Waals surface area contributed by atoms with Crippen LogP contribution in [0.5, 0.6) is 5.75 Å². The highest BCUT2D eigenvalue weighted by Gasteiger charge is 2.23. The summed E-state index contributed by atoms with van der Waals surface area (Å²) in [7, 11) is 0. The van der Waals surface area contributed by atoms with E-state index >= 15 is 0 Å². The van der Waals surface area contributed by atoms with E-state index in [4.69, 9.17) is 9.47 Å². The van der Waals surface area contributed by atoms with E-state index in [0.717, 1.165) is 32.1 Å². The Morgan fingerprint density at radius 2 is 2.14 bits per heavy atom. The number of ether oxygens (including phenoxy) is 2. The normalized spacial score (nSPS) is 22.4. The Morgan fingerprint density at radius 3 is 2.76 bits per heavy atom. The lowest BCUT2D eigenvalue weighted by atomic mass is 9.96. The van der Waals surface area contributed by atoms with E-state index < -0.39 is 5.82 Å². The van der Waals surface area contributed by atoms with Crippen LogP contribution in [0.15, 0.2) is 18.2 Å². The van der Waals surface area contributed by atoms with Crippen LogP contribution in [0, 0.1) is 11.7 Å². The van der Waals surface area contributed by atoms with E-state index in [-0.39, 0.29) is 23.7 Å². The zero-order valence-electron chi connectivity index (χ0n) is 11.9. The molecule has 2 aliphatic rings. The van der Waals surface area contributed by atoms with Gasteiger partial charge >= 0.3 is 0 Å². The Hall–Kier alpha value is -1.62. The molecule has 1 N–H and O–H groups in total. The number of halogens is 1. The smallest absolute Gasteiger partial charge is 0.229 e. The second-order valence-corrected chi connectivity index (χ2v) is 5.72. The van der Waals surface area contributed by atoms with Gasteiger partial charge in [0.05, 0.1) is 18.6 Å². The summed E-state index contributed by atoms with van der Waals surface area (Å²) in [6.45, 7) is 1.16. The number of hydrogen-bond acceptors (Lipinski definition) is 3. The molecule has 2 fully saturated rings. The molecule has 1 saturated carbocycles. The predicted octanol–water partition coefficient (Wildman–Crippen LogP) is 3.12. The van der Waals surface area contributed by atoms with Gasteiger partial charge in [-0.2, -0.15) is 0 Å². The average molecular weight is 293 g/mol. The molecule has 1 amide bonds. The van der Waals surface area contributed by atoms with Gasteiger partial charge in [-0.1, -0.05) is 0 Å². The minimum Gasteiger partial charge on any atom is -0.487 e. The number of benzene rings is 1. The lowest BCUT2D eigenvalue weighted by Gasteiger charge is -2.26. The van der Waals surface area contributed by atoms with Crippen molar-refractivity contribution >= 4 is 11.6 Å². The first-order chi connectivity index (χ1) is 10.2. The van der Waals surface area contributed by atoms with Crippen LogP contribution in [0.2, 0.25) is 0 Å². The molecule has 0 spiro atoms. The first kappa shape index (κ1) is 14.3. The maximum Gasteiger partial charge on any atom is 0.229 e. The quantitative estimate of drug-likeness (QED) is 0.928. The van der Waals surface area contributed by atoms with E-state index in [1.165, 1.54) is 6.07 Å². The van der Waals surface area contributed by atoms with Crippen molar-refractivity contribution in [1.29, 1.82) is 0 Å². The number of anilines is 1. The molecule has 1 aliphatic heterocycles. The minimum absolute atomic E-state index is 0.109. The van der Waals surface area contributed by atoms with Gasteiger partial charge in [0.15, 0.2) is 11.6 Å². The molecule has 0 aromatic heterocycles. The summed E-state index contributed by atoms with van der Waals surface area (Å²) in [4.78, 5) is 12.1. The summed E-state index contributed by atoms with van der Waals surface area (Å²) in [6, 6.07) is 4.58. The van der Waals surface area contributed by atoms with Gasteiger partial charge in [0.1, 0.15) is 0 Å². The summed E-state index contributed by atoms with van der Waals surface area (Å²) >= 11 is 0. The van der Waals surface area contributed by atoms with E-state index in [1.807, 2.05) is 0 Å². The monoisotopic (exact) mass is 293 g/mol. The molecular weight excluding hydrogens is 273 g/mol. The fourth-order valence-electron chi connectivity index (χ4n) is 2.53. The van der Waals surface area contributed by atoms with E-state index in [2.05, 4.69) is 5.32 Å². The predicted molar refractivity (Wildman–Crippen MR) is 76.8 cm³/mol. The van der Waals surface area contributed by atoms with Gasteiger partial charge in [-0.05, 0) is 44.2 Å². The first-order valence-electron chi connectivity index (χ1n) is 7.57. The fraction of sp³-hybridized carbons (Fsp3) is 0.562. The minimum atomic E-state index is -0.431. The van der Waals surface area contributed by atoms with Gasteiger partial charge < -0.3 is 14.8 Å². The number of carbonyl (C=O) groups excluding carboxylic acids is 1. The molecule has 1 unspecified atom stereocenters. The zero-order valence-corrected chi connectivity index (χ0v) is 11.9. The topological polar surface area (TPSA) is 47.6 Å². The van der Waals surface area contributed by atoms with Crippen molar-refractivity contribution in [3.05, 3.63) is 24.0 Å². The van der Waals surface area contributed by atoms with E-state index in [9.17, 15) is 9.18 Å². The fourth-order valence-corrected chi connectivity index (χ4v) is 2.53. The standard InChI is InChI=1S/C16H20FNO3/c17-14-9-12(6-7-15(14)21-13-4-1-5-13)18-16(19)11-3-2-8-20-10-11/h6-7,9,11,13H,1-5,8,10H2,(H,18,19). The second kappa shape index (κ2) is 6.43. The molecule has 1 aromatic rings. The molecule has 114 valence electrons. The van der Waals surface area contributed by atoms with E-state index in [0.29, 0.717) is 18.9 Å². The van der Waals surface area contributed by atoms with Crippen LogP contribution < -0.4 is 10.1 Å². The average Bonchev–Trinajstić information content (AvgIpc) is 2.45. The molecule has 1 aliphatic carbocycles. The van der Waals surface area contributed by atoms with Gasteiger partial charge in [0.2, 0.25) is 5.91 Å².